The average Bonchev–Trinajstić information content (AvgIpc) is 2.79. The molecule has 2 N–H and O–H groups in total. The summed E-state index contributed by atoms with van der Waals surface area (Å²) in [5.41, 5.74) is 8.74. The predicted octanol–water partition coefficient (Wildman–Crippen LogP) is 4.58. The molecule has 4 heteroatoms. The number of fused-ring (bicyclic) bond motifs is 1. The highest BCUT2D eigenvalue weighted by Gasteiger charge is 2.09. The molecule has 3 rings (SSSR count). The normalized spacial score (nSPS) is 11.1. The summed E-state index contributed by atoms with van der Waals surface area (Å²) in [7, 11) is 0. The lowest BCUT2D eigenvalue weighted by Gasteiger charge is -2.09. The fourth-order valence-corrected chi connectivity index (χ4v) is 2.76. The van der Waals surface area contributed by atoms with Gasteiger partial charge in [0.1, 0.15) is 0 Å². The second-order valence-corrected chi connectivity index (χ2v) is 5.24. The number of hydrogen-bond acceptors (Lipinski definition) is 1. The third-order valence-electron chi connectivity index (χ3n) is 3.24. The zero-order valence-corrected chi connectivity index (χ0v) is 11.6. The summed E-state index contributed by atoms with van der Waals surface area (Å²) in [5.74, 6) is 0. The van der Waals surface area contributed by atoms with Crippen molar-refractivity contribution in [2.24, 2.45) is 0 Å². The van der Waals surface area contributed by atoms with Crippen molar-refractivity contribution in [3.05, 3.63) is 64.3 Å². The summed E-state index contributed by atoms with van der Waals surface area (Å²) in [6.45, 7) is 0.630. The maximum atomic E-state index is 6.21. The molecule has 0 bridgehead atoms. The van der Waals surface area contributed by atoms with Crippen molar-refractivity contribution in [3.63, 3.8) is 0 Å². The van der Waals surface area contributed by atoms with E-state index in [1.54, 1.807) is 0 Å². The quantitative estimate of drug-likeness (QED) is 0.688. The van der Waals surface area contributed by atoms with E-state index < -0.39 is 0 Å². The van der Waals surface area contributed by atoms with Crippen LogP contribution in [0.4, 0.5) is 5.69 Å². The standard InChI is InChI=1S/C15H12Cl2N2/c16-12-3-1-4-13(17)11(12)9-19-8-7-10-14(18)5-2-6-15(10)19/h1-8H,9,18H2. The van der Waals surface area contributed by atoms with E-state index >= 15 is 0 Å². The van der Waals surface area contributed by atoms with Crippen LogP contribution in [0.3, 0.4) is 0 Å². The molecule has 0 fully saturated rings. The molecule has 2 nitrogen and oxygen atoms in total. The number of hydrogen-bond donors (Lipinski definition) is 1. The lowest BCUT2D eigenvalue weighted by Crippen LogP contribution is -1.99. The number of nitrogens with two attached hydrogens (primary N) is 1. The number of benzene rings is 2. The van der Waals surface area contributed by atoms with E-state index in [1.165, 1.54) is 0 Å². The zero-order chi connectivity index (χ0) is 13.4. The van der Waals surface area contributed by atoms with Crippen LogP contribution in [0, 0.1) is 0 Å². The molecule has 0 radical (unpaired) electrons. The van der Waals surface area contributed by atoms with E-state index in [2.05, 4.69) is 4.57 Å². The van der Waals surface area contributed by atoms with Crippen molar-refractivity contribution in [2.75, 3.05) is 5.73 Å². The number of rotatable bonds is 2. The highest BCUT2D eigenvalue weighted by atomic mass is 35.5. The zero-order valence-electron chi connectivity index (χ0n) is 10.1. The number of aromatic nitrogens is 1. The van der Waals surface area contributed by atoms with Crippen LogP contribution in [0.15, 0.2) is 48.7 Å². The van der Waals surface area contributed by atoms with Crippen molar-refractivity contribution in [1.29, 1.82) is 0 Å². The minimum atomic E-state index is 0.630. The van der Waals surface area contributed by atoms with Crippen LogP contribution >= 0.6 is 23.2 Å². The molecule has 96 valence electrons. The van der Waals surface area contributed by atoms with Gasteiger partial charge in [-0.15, -0.1) is 0 Å². The molecule has 1 heterocycles. The third-order valence-corrected chi connectivity index (χ3v) is 3.95. The molecular weight excluding hydrogens is 279 g/mol. The Morgan fingerprint density at radius 1 is 0.947 bits per heavy atom. The summed E-state index contributed by atoms with van der Waals surface area (Å²) in [6, 6.07) is 13.4. The van der Waals surface area contributed by atoms with Crippen molar-refractivity contribution < 1.29 is 0 Å². The fraction of sp³-hybridized carbons (Fsp3) is 0.0667. The Morgan fingerprint density at radius 3 is 2.37 bits per heavy atom. The largest absolute Gasteiger partial charge is 0.398 e. The molecule has 2 aromatic carbocycles. The van der Waals surface area contributed by atoms with Crippen LogP contribution in [0.5, 0.6) is 0 Å². The minimum Gasteiger partial charge on any atom is -0.398 e. The summed E-state index contributed by atoms with van der Waals surface area (Å²) >= 11 is 12.4. The van der Waals surface area contributed by atoms with Gasteiger partial charge in [-0.3, -0.25) is 0 Å². The van der Waals surface area contributed by atoms with Gasteiger partial charge < -0.3 is 10.3 Å². The lowest BCUT2D eigenvalue weighted by atomic mass is 10.2. The number of nitrogens with zero attached hydrogens (tertiary/aromatic N) is 1. The molecule has 0 aliphatic heterocycles. The molecule has 0 unspecified atom stereocenters. The van der Waals surface area contributed by atoms with Gasteiger partial charge in [0.05, 0.1) is 12.1 Å². The van der Waals surface area contributed by atoms with E-state index in [0.717, 1.165) is 22.2 Å². The summed E-state index contributed by atoms with van der Waals surface area (Å²) in [6.07, 6.45) is 2.00. The van der Waals surface area contributed by atoms with E-state index in [9.17, 15) is 0 Å². The first-order valence-corrected chi connectivity index (χ1v) is 6.68. The number of nitrogen functional groups attached to an aromatic ring is 1. The van der Waals surface area contributed by atoms with Crippen LogP contribution in [-0.4, -0.2) is 4.57 Å². The molecule has 0 spiro atoms. The van der Waals surface area contributed by atoms with Gasteiger partial charge in [0.2, 0.25) is 0 Å². The van der Waals surface area contributed by atoms with Crippen LogP contribution in [-0.2, 0) is 6.54 Å². The van der Waals surface area contributed by atoms with Crippen molar-refractivity contribution in [3.8, 4) is 0 Å². The SMILES string of the molecule is Nc1cccc2c1ccn2Cc1c(Cl)cccc1Cl. The Balaban J connectivity index is 2.09. The first kappa shape index (κ1) is 12.4. The van der Waals surface area contributed by atoms with Gasteiger partial charge in [-0.25, -0.2) is 0 Å². The Morgan fingerprint density at radius 2 is 1.63 bits per heavy atom. The van der Waals surface area contributed by atoms with E-state index in [1.807, 2.05) is 48.7 Å². The smallest absolute Gasteiger partial charge is 0.0505 e. The van der Waals surface area contributed by atoms with Crippen molar-refractivity contribution in [1.82, 2.24) is 4.57 Å². The van der Waals surface area contributed by atoms with Crippen LogP contribution in [0.1, 0.15) is 5.56 Å². The minimum absolute atomic E-state index is 0.630. The molecule has 1 aromatic heterocycles. The monoisotopic (exact) mass is 290 g/mol. The van der Waals surface area contributed by atoms with Crippen LogP contribution < -0.4 is 5.73 Å². The molecule has 0 atom stereocenters. The Hall–Kier alpha value is -1.64. The second-order valence-electron chi connectivity index (χ2n) is 4.42. The van der Waals surface area contributed by atoms with E-state index in [-0.39, 0.29) is 0 Å². The topological polar surface area (TPSA) is 30.9 Å². The van der Waals surface area contributed by atoms with Gasteiger partial charge in [0, 0.05) is 32.9 Å². The van der Waals surface area contributed by atoms with Gasteiger partial charge >= 0.3 is 0 Å². The first-order chi connectivity index (χ1) is 9.16. The Kier molecular flexibility index (Phi) is 3.13. The van der Waals surface area contributed by atoms with Crippen molar-refractivity contribution >= 4 is 39.8 Å². The molecule has 0 saturated heterocycles. The molecule has 19 heavy (non-hydrogen) atoms. The summed E-state index contributed by atoms with van der Waals surface area (Å²) < 4.78 is 2.10. The Bertz CT molecular complexity index is 727. The number of halogens is 2. The van der Waals surface area contributed by atoms with Gasteiger partial charge in [0.25, 0.3) is 0 Å². The average molecular weight is 291 g/mol. The van der Waals surface area contributed by atoms with Gasteiger partial charge in [0.15, 0.2) is 0 Å². The maximum absolute atomic E-state index is 6.21. The predicted molar refractivity (Wildman–Crippen MR) is 81.9 cm³/mol. The summed E-state index contributed by atoms with van der Waals surface area (Å²) in [5, 5.41) is 2.40. The van der Waals surface area contributed by atoms with Crippen LogP contribution in [0.2, 0.25) is 10.0 Å². The van der Waals surface area contributed by atoms with Gasteiger partial charge in [-0.05, 0) is 30.3 Å². The molecule has 3 aromatic rings. The molecule has 0 aliphatic carbocycles. The molecule has 0 saturated carbocycles. The molecule has 0 amide bonds. The number of anilines is 1. The first-order valence-electron chi connectivity index (χ1n) is 5.93. The second kappa shape index (κ2) is 4.80. The Labute approximate surface area is 121 Å². The van der Waals surface area contributed by atoms with Gasteiger partial charge in [-0.1, -0.05) is 35.3 Å². The fourth-order valence-electron chi connectivity index (χ4n) is 2.24. The molecule has 0 aliphatic rings. The summed E-state index contributed by atoms with van der Waals surface area (Å²) in [4.78, 5) is 0. The third kappa shape index (κ3) is 2.18. The lowest BCUT2D eigenvalue weighted by molar-refractivity contribution is 0.837. The maximum Gasteiger partial charge on any atom is 0.0505 e. The van der Waals surface area contributed by atoms with Crippen LogP contribution in [0.25, 0.3) is 10.9 Å². The highest BCUT2D eigenvalue weighted by molar-refractivity contribution is 6.36. The van der Waals surface area contributed by atoms with Gasteiger partial charge in [-0.2, -0.15) is 0 Å². The highest BCUT2D eigenvalue weighted by Crippen LogP contribution is 2.28. The molecular formula is C15H12Cl2N2. The van der Waals surface area contributed by atoms with E-state index in [0.29, 0.717) is 16.6 Å². The van der Waals surface area contributed by atoms with Crippen molar-refractivity contribution in [2.45, 2.75) is 6.54 Å². The van der Waals surface area contributed by atoms with E-state index in [4.69, 9.17) is 28.9 Å².